The minimum Gasteiger partial charge on any atom is -0.355 e. The van der Waals surface area contributed by atoms with E-state index in [0.29, 0.717) is 18.0 Å². The topological polar surface area (TPSA) is 58.4 Å². The van der Waals surface area contributed by atoms with Gasteiger partial charge in [0.15, 0.2) is 11.5 Å². The zero-order chi connectivity index (χ0) is 15.9. The van der Waals surface area contributed by atoms with E-state index in [1.807, 2.05) is 30.3 Å². The van der Waals surface area contributed by atoms with Crippen molar-refractivity contribution in [2.75, 3.05) is 26.2 Å². The second-order valence-electron chi connectivity index (χ2n) is 5.95. The molecule has 0 aliphatic carbocycles. The predicted molar refractivity (Wildman–Crippen MR) is 89.2 cm³/mol. The third-order valence-electron chi connectivity index (χ3n) is 4.19. The lowest BCUT2D eigenvalue weighted by Gasteiger charge is -2.26. The molecule has 2 aromatic rings. The highest BCUT2D eigenvalue weighted by Crippen LogP contribution is 2.19. The fourth-order valence-corrected chi connectivity index (χ4v) is 2.90. The number of hydrogen-bond donors (Lipinski definition) is 1. The molecule has 0 atom stereocenters. The van der Waals surface area contributed by atoms with Crippen molar-refractivity contribution in [3.05, 3.63) is 42.1 Å². The van der Waals surface area contributed by atoms with Crippen LogP contribution in [0, 0.1) is 0 Å². The van der Waals surface area contributed by atoms with Gasteiger partial charge in [0, 0.05) is 18.2 Å². The van der Waals surface area contributed by atoms with Crippen LogP contribution in [0.25, 0.3) is 11.3 Å². The van der Waals surface area contributed by atoms with Crippen molar-refractivity contribution in [2.45, 2.75) is 25.7 Å². The largest absolute Gasteiger partial charge is 0.355 e. The molecule has 1 N–H and O–H groups in total. The number of nitrogens with one attached hydrogen (secondary N) is 1. The highest BCUT2D eigenvalue weighted by atomic mass is 16.5. The summed E-state index contributed by atoms with van der Waals surface area (Å²) in [5, 5.41) is 6.78. The van der Waals surface area contributed by atoms with E-state index in [4.69, 9.17) is 4.52 Å². The Kier molecular flexibility index (Phi) is 5.42. The number of hydrogen-bond acceptors (Lipinski definition) is 4. The van der Waals surface area contributed by atoms with Gasteiger partial charge in [0.25, 0.3) is 5.91 Å². The van der Waals surface area contributed by atoms with Gasteiger partial charge < -0.3 is 14.7 Å². The van der Waals surface area contributed by atoms with Gasteiger partial charge in [0.05, 0.1) is 0 Å². The van der Waals surface area contributed by atoms with Crippen molar-refractivity contribution >= 4 is 5.91 Å². The number of carbonyl (C=O) groups excluding carboxylic acids is 1. The number of nitrogens with zero attached hydrogens (tertiary/aromatic N) is 2. The van der Waals surface area contributed by atoms with Crippen LogP contribution in [0.4, 0.5) is 0 Å². The molecule has 1 aromatic heterocycles. The Labute approximate surface area is 136 Å². The van der Waals surface area contributed by atoms with Gasteiger partial charge in [-0.3, -0.25) is 4.79 Å². The van der Waals surface area contributed by atoms with Crippen LogP contribution < -0.4 is 5.32 Å². The fourth-order valence-electron chi connectivity index (χ4n) is 2.90. The summed E-state index contributed by atoms with van der Waals surface area (Å²) in [5.41, 5.74) is 1.26. The van der Waals surface area contributed by atoms with Gasteiger partial charge in [-0.1, -0.05) is 41.9 Å². The highest BCUT2D eigenvalue weighted by molar-refractivity contribution is 5.93. The van der Waals surface area contributed by atoms with E-state index >= 15 is 0 Å². The van der Waals surface area contributed by atoms with E-state index in [1.165, 1.54) is 32.4 Å². The van der Waals surface area contributed by atoms with Crippen LogP contribution >= 0.6 is 0 Å². The molecule has 0 bridgehead atoms. The van der Waals surface area contributed by atoms with E-state index < -0.39 is 0 Å². The number of carbonyl (C=O) groups is 1. The first-order chi connectivity index (χ1) is 11.3. The van der Waals surface area contributed by atoms with Crippen LogP contribution in [0.1, 0.15) is 36.2 Å². The number of benzene rings is 1. The average Bonchev–Trinajstić information content (AvgIpc) is 3.10. The molecule has 2 heterocycles. The lowest BCUT2D eigenvalue weighted by Crippen LogP contribution is -2.33. The van der Waals surface area contributed by atoms with Crippen molar-refractivity contribution in [3.8, 4) is 11.3 Å². The fraction of sp³-hybridized carbons (Fsp3) is 0.444. The molecule has 23 heavy (non-hydrogen) atoms. The van der Waals surface area contributed by atoms with Gasteiger partial charge in [0.2, 0.25) is 0 Å². The summed E-state index contributed by atoms with van der Waals surface area (Å²) in [6, 6.07) is 11.4. The first kappa shape index (κ1) is 15.7. The van der Waals surface area contributed by atoms with Gasteiger partial charge in [-0.25, -0.2) is 0 Å². The van der Waals surface area contributed by atoms with E-state index in [1.54, 1.807) is 6.07 Å². The van der Waals surface area contributed by atoms with Crippen LogP contribution in [0.15, 0.2) is 40.9 Å². The standard InChI is InChI=1S/C18H23N3O2/c22-18(19-10-7-13-21-11-5-2-6-12-21)16-14-17(23-20-16)15-8-3-1-4-9-15/h1,3-4,8-9,14H,2,5-7,10-13H2,(H,19,22). The number of amides is 1. The predicted octanol–water partition coefficient (Wildman–Crippen LogP) is 2.95. The summed E-state index contributed by atoms with van der Waals surface area (Å²) in [7, 11) is 0. The van der Waals surface area contributed by atoms with E-state index in [9.17, 15) is 4.79 Å². The average molecular weight is 313 g/mol. The van der Waals surface area contributed by atoms with Crippen molar-refractivity contribution in [1.82, 2.24) is 15.4 Å². The van der Waals surface area contributed by atoms with Gasteiger partial charge in [-0.2, -0.15) is 0 Å². The van der Waals surface area contributed by atoms with Crippen molar-refractivity contribution < 1.29 is 9.32 Å². The summed E-state index contributed by atoms with van der Waals surface area (Å²) in [6.45, 7) is 4.10. The second kappa shape index (κ2) is 7.92. The molecule has 0 spiro atoms. The molecule has 1 aliphatic heterocycles. The van der Waals surface area contributed by atoms with Crippen LogP contribution in [0.3, 0.4) is 0 Å². The molecule has 5 heteroatoms. The minimum atomic E-state index is -0.172. The molecule has 0 saturated carbocycles. The van der Waals surface area contributed by atoms with Crippen LogP contribution in [-0.2, 0) is 0 Å². The summed E-state index contributed by atoms with van der Waals surface area (Å²) < 4.78 is 5.25. The maximum absolute atomic E-state index is 12.1. The second-order valence-corrected chi connectivity index (χ2v) is 5.95. The van der Waals surface area contributed by atoms with Gasteiger partial charge in [-0.15, -0.1) is 0 Å². The maximum Gasteiger partial charge on any atom is 0.273 e. The molecular formula is C18H23N3O2. The summed E-state index contributed by atoms with van der Waals surface area (Å²) in [4.78, 5) is 14.6. The third-order valence-corrected chi connectivity index (χ3v) is 4.19. The van der Waals surface area contributed by atoms with E-state index in [0.717, 1.165) is 18.5 Å². The zero-order valence-electron chi connectivity index (χ0n) is 13.3. The molecule has 1 aliphatic rings. The highest BCUT2D eigenvalue weighted by Gasteiger charge is 2.14. The molecule has 1 amide bonds. The number of piperidine rings is 1. The Balaban J connectivity index is 1.44. The van der Waals surface area contributed by atoms with Crippen molar-refractivity contribution in [1.29, 1.82) is 0 Å². The molecule has 1 saturated heterocycles. The van der Waals surface area contributed by atoms with Gasteiger partial charge in [0.1, 0.15) is 0 Å². The smallest absolute Gasteiger partial charge is 0.273 e. The van der Waals surface area contributed by atoms with Crippen molar-refractivity contribution in [3.63, 3.8) is 0 Å². The van der Waals surface area contributed by atoms with E-state index in [-0.39, 0.29) is 5.91 Å². The Morgan fingerprint density at radius 2 is 1.96 bits per heavy atom. The summed E-state index contributed by atoms with van der Waals surface area (Å²) in [5.74, 6) is 0.443. The molecule has 1 fully saturated rings. The first-order valence-corrected chi connectivity index (χ1v) is 8.35. The first-order valence-electron chi connectivity index (χ1n) is 8.35. The van der Waals surface area contributed by atoms with Crippen LogP contribution in [0.5, 0.6) is 0 Å². The molecule has 3 rings (SSSR count). The Hall–Kier alpha value is -2.14. The zero-order valence-corrected chi connectivity index (χ0v) is 13.3. The monoisotopic (exact) mass is 313 g/mol. The van der Waals surface area contributed by atoms with Gasteiger partial charge in [-0.05, 0) is 38.9 Å². The maximum atomic E-state index is 12.1. The number of likely N-dealkylation sites (tertiary alicyclic amines) is 1. The molecular weight excluding hydrogens is 290 g/mol. The molecule has 1 aromatic carbocycles. The molecule has 0 radical (unpaired) electrons. The lowest BCUT2D eigenvalue weighted by molar-refractivity contribution is 0.0942. The third kappa shape index (κ3) is 4.42. The van der Waals surface area contributed by atoms with Crippen LogP contribution in [-0.4, -0.2) is 42.1 Å². The molecule has 122 valence electrons. The Morgan fingerprint density at radius 1 is 1.17 bits per heavy atom. The summed E-state index contributed by atoms with van der Waals surface area (Å²) in [6.07, 6.45) is 4.92. The quantitative estimate of drug-likeness (QED) is 0.833. The Bertz CT molecular complexity index is 618. The van der Waals surface area contributed by atoms with Crippen LogP contribution in [0.2, 0.25) is 0 Å². The lowest BCUT2D eigenvalue weighted by atomic mass is 10.1. The van der Waals surface area contributed by atoms with E-state index in [2.05, 4.69) is 15.4 Å². The Morgan fingerprint density at radius 3 is 2.74 bits per heavy atom. The normalized spacial score (nSPS) is 15.5. The SMILES string of the molecule is O=C(NCCCN1CCCCC1)c1cc(-c2ccccc2)on1. The van der Waals surface area contributed by atoms with Gasteiger partial charge >= 0.3 is 0 Å². The van der Waals surface area contributed by atoms with Crippen molar-refractivity contribution in [2.24, 2.45) is 0 Å². The minimum absolute atomic E-state index is 0.172. The molecule has 0 unspecified atom stereocenters. The number of aromatic nitrogens is 1. The number of rotatable bonds is 6. The summed E-state index contributed by atoms with van der Waals surface area (Å²) >= 11 is 0. The molecule has 5 nitrogen and oxygen atoms in total.